The van der Waals surface area contributed by atoms with E-state index < -0.39 is 0 Å². The molecule has 0 saturated carbocycles. The van der Waals surface area contributed by atoms with Gasteiger partial charge in [-0.05, 0) is 57.4 Å². The molecule has 25 heavy (non-hydrogen) atoms. The van der Waals surface area contributed by atoms with E-state index in [9.17, 15) is 4.79 Å². The molecule has 0 radical (unpaired) electrons. The highest BCUT2D eigenvalue weighted by Gasteiger charge is 2.16. The average molecular weight is 347 g/mol. The molecule has 1 N–H and O–H groups in total. The number of fused-ring (bicyclic) bond motifs is 1. The highest BCUT2D eigenvalue weighted by atomic mass is 16.5. The highest BCUT2D eigenvalue weighted by Crippen LogP contribution is 2.21. The van der Waals surface area contributed by atoms with Gasteiger partial charge in [-0.15, -0.1) is 0 Å². The number of hydrogen-bond donors (Lipinski definition) is 1. The summed E-state index contributed by atoms with van der Waals surface area (Å²) in [6.07, 6.45) is 8.73. The molecule has 3 rings (SSSR count). The summed E-state index contributed by atoms with van der Waals surface area (Å²) in [5, 5.41) is 2.88. The van der Waals surface area contributed by atoms with Crippen molar-refractivity contribution in [2.24, 2.45) is 0 Å². The monoisotopic (exact) mass is 347 g/mol. The summed E-state index contributed by atoms with van der Waals surface area (Å²) in [7, 11) is 0. The van der Waals surface area contributed by atoms with Crippen molar-refractivity contribution >= 4 is 5.91 Å². The third-order valence-electron chi connectivity index (χ3n) is 4.92. The molecule has 2 aliphatic rings. The molecule has 2 heterocycles. The summed E-state index contributed by atoms with van der Waals surface area (Å²) in [4.78, 5) is 21.1. The van der Waals surface area contributed by atoms with Gasteiger partial charge in [0.15, 0.2) is 0 Å². The van der Waals surface area contributed by atoms with E-state index in [-0.39, 0.29) is 18.6 Å². The number of rotatable bonds is 7. The molecular formula is C19H29N3O3. The smallest absolute Gasteiger partial charge is 0.246 e. The Morgan fingerprint density at radius 3 is 2.96 bits per heavy atom. The van der Waals surface area contributed by atoms with Gasteiger partial charge in [0.05, 0.1) is 12.7 Å². The summed E-state index contributed by atoms with van der Waals surface area (Å²) in [5.41, 5.74) is 3.63. The second-order valence-electron chi connectivity index (χ2n) is 6.96. The van der Waals surface area contributed by atoms with E-state index in [1.54, 1.807) is 0 Å². The van der Waals surface area contributed by atoms with Gasteiger partial charge in [0.25, 0.3) is 0 Å². The fourth-order valence-electron chi connectivity index (χ4n) is 3.54. The second-order valence-corrected chi connectivity index (χ2v) is 6.96. The first kappa shape index (κ1) is 18.3. The molecule has 1 amide bonds. The summed E-state index contributed by atoms with van der Waals surface area (Å²) < 4.78 is 11.0. The van der Waals surface area contributed by atoms with Crippen molar-refractivity contribution in [3.05, 3.63) is 22.8 Å². The molecule has 1 saturated heterocycles. The van der Waals surface area contributed by atoms with Gasteiger partial charge in [-0.25, -0.2) is 9.97 Å². The number of carbonyl (C=O) groups is 1. The fraction of sp³-hybridized carbons (Fsp3) is 0.737. The number of ether oxygens (including phenoxy) is 2. The van der Waals surface area contributed by atoms with Crippen LogP contribution < -0.4 is 5.32 Å². The minimum atomic E-state index is -0.0921. The zero-order valence-corrected chi connectivity index (χ0v) is 15.2. The largest absolute Gasteiger partial charge is 0.376 e. The van der Waals surface area contributed by atoms with E-state index in [0.717, 1.165) is 43.8 Å². The van der Waals surface area contributed by atoms with Crippen LogP contribution >= 0.6 is 0 Å². The second kappa shape index (κ2) is 9.25. The third-order valence-corrected chi connectivity index (χ3v) is 4.92. The lowest BCUT2D eigenvalue weighted by Crippen LogP contribution is -2.32. The Morgan fingerprint density at radius 1 is 1.24 bits per heavy atom. The van der Waals surface area contributed by atoms with Crippen LogP contribution in [0.4, 0.5) is 0 Å². The zero-order chi connectivity index (χ0) is 17.5. The Morgan fingerprint density at radius 2 is 2.12 bits per heavy atom. The first-order valence-corrected chi connectivity index (χ1v) is 9.53. The van der Waals surface area contributed by atoms with Gasteiger partial charge in [-0.1, -0.05) is 0 Å². The molecule has 1 unspecified atom stereocenters. The van der Waals surface area contributed by atoms with Gasteiger partial charge < -0.3 is 14.8 Å². The number of aryl methyl sites for hydroxylation is 2. The Balaban J connectivity index is 1.36. The van der Waals surface area contributed by atoms with E-state index in [1.165, 1.54) is 30.5 Å². The van der Waals surface area contributed by atoms with E-state index in [1.807, 2.05) is 0 Å². The van der Waals surface area contributed by atoms with E-state index >= 15 is 0 Å². The van der Waals surface area contributed by atoms with Crippen LogP contribution in [-0.2, 0) is 33.5 Å². The number of hydrogen-bond acceptors (Lipinski definition) is 5. The van der Waals surface area contributed by atoms with Crippen molar-refractivity contribution in [2.75, 3.05) is 26.4 Å². The molecule has 138 valence electrons. The van der Waals surface area contributed by atoms with Gasteiger partial charge in [0, 0.05) is 31.0 Å². The van der Waals surface area contributed by atoms with E-state index in [4.69, 9.17) is 9.47 Å². The maximum absolute atomic E-state index is 11.9. The number of aromatic nitrogens is 2. The number of amides is 1. The summed E-state index contributed by atoms with van der Waals surface area (Å²) in [6.45, 7) is 4.00. The molecule has 0 bridgehead atoms. The van der Waals surface area contributed by atoms with Gasteiger partial charge in [-0.3, -0.25) is 4.79 Å². The van der Waals surface area contributed by atoms with Crippen molar-refractivity contribution in [1.29, 1.82) is 0 Å². The molecule has 1 aromatic rings. The number of nitrogens with zero attached hydrogens (tertiary/aromatic N) is 2. The maximum atomic E-state index is 11.9. The van der Waals surface area contributed by atoms with E-state index in [2.05, 4.69) is 22.2 Å². The first-order valence-electron chi connectivity index (χ1n) is 9.53. The molecule has 1 aromatic heterocycles. The molecule has 1 fully saturated rings. The minimum absolute atomic E-state index is 0.0872. The van der Waals surface area contributed by atoms with Crippen molar-refractivity contribution in [3.8, 4) is 0 Å². The lowest BCUT2D eigenvalue weighted by molar-refractivity contribution is -0.127. The molecule has 1 aliphatic carbocycles. The summed E-state index contributed by atoms with van der Waals surface area (Å²) in [5.74, 6) is 0.737. The molecule has 0 aromatic carbocycles. The highest BCUT2D eigenvalue weighted by molar-refractivity contribution is 5.77. The molecular weight excluding hydrogens is 318 g/mol. The van der Waals surface area contributed by atoms with Gasteiger partial charge in [-0.2, -0.15) is 0 Å². The van der Waals surface area contributed by atoms with Crippen LogP contribution in [0.2, 0.25) is 0 Å². The topological polar surface area (TPSA) is 73.3 Å². The Kier molecular flexibility index (Phi) is 6.76. The predicted octanol–water partition coefficient (Wildman–Crippen LogP) is 1.91. The Labute approximate surface area is 149 Å². The summed E-state index contributed by atoms with van der Waals surface area (Å²) in [6, 6.07) is 0. The van der Waals surface area contributed by atoms with Gasteiger partial charge >= 0.3 is 0 Å². The van der Waals surface area contributed by atoms with Gasteiger partial charge in [0.2, 0.25) is 5.91 Å². The van der Waals surface area contributed by atoms with Crippen LogP contribution in [-0.4, -0.2) is 48.3 Å². The predicted molar refractivity (Wildman–Crippen MR) is 94.5 cm³/mol. The molecule has 1 atom stereocenters. The molecule has 0 spiro atoms. The van der Waals surface area contributed by atoms with Crippen LogP contribution in [0.5, 0.6) is 0 Å². The average Bonchev–Trinajstić information content (AvgIpc) is 2.63. The zero-order valence-electron chi connectivity index (χ0n) is 15.2. The minimum Gasteiger partial charge on any atom is -0.376 e. The fourth-order valence-corrected chi connectivity index (χ4v) is 3.54. The first-order chi connectivity index (χ1) is 12.2. The SMILES string of the molecule is Cc1nc(CCNC(=O)COCC2CCCCO2)nc2c1CCCC2. The van der Waals surface area contributed by atoms with Crippen molar-refractivity contribution in [1.82, 2.24) is 15.3 Å². The number of nitrogens with one attached hydrogen (secondary N) is 1. The lowest BCUT2D eigenvalue weighted by Gasteiger charge is -2.22. The maximum Gasteiger partial charge on any atom is 0.246 e. The molecule has 6 heteroatoms. The lowest BCUT2D eigenvalue weighted by atomic mass is 9.95. The standard InChI is InChI=1S/C19H29N3O3/c1-14-16-7-2-3-8-17(16)22-18(21-14)9-10-20-19(23)13-24-12-15-6-4-5-11-25-15/h15H,2-13H2,1H3,(H,20,23). The van der Waals surface area contributed by atoms with Crippen molar-refractivity contribution in [2.45, 2.75) is 64.4 Å². The van der Waals surface area contributed by atoms with Crippen LogP contribution in [0, 0.1) is 6.92 Å². The van der Waals surface area contributed by atoms with Crippen LogP contribution in [0.25, 0.3) is 0 Å². The van der Waals surface area contributed by atoms with Crippen LogP contribution in [0.1, 0.15) is 54.9 Å². The third kappa shape index (κ3) is 5.47. The van der Waals surface area contributed by atoms with Crippen LogP contribution in [0.3, 0.4) is 0 Å². The van der Waals surface area contributed by atoms with Crippen molar-refractivity contribution in [3.63, 3.8) is 0 Å². The van der Waals surface area contributed by atoms with Crippen LogP contribution in [0.15, 0.2) is 0 Å². The Bertz CT molecular complexity index is 586. The van der Waals surface area contributed by atoms with Gasteiger partial charge in [0.1, 0.15) is 12.4 Å². The van der Waals surface area contributed by atoms with E-state index in [0.29, 0.717) is 19.6 Å². The molecule has 6 nitrogen and oxygen atoms in total. The number of carbonyl (C=O) groups excluding carboxylic acids is 1. The normalized spacial score (nSPS) is 20.1. The quantitative estimate of drug-likeness (QED) is 0.816. The molecule has 1 aliphatic heterocycles. The summed E-state index contributed by atoms with van der Waals surface area (Å²) >= 11 is 0. The Hall–Kier alpha value is -1.53. The van der Waals surface area contributed by atoms with Crippen molar-refractivity contribution < 1.29 is 14.3 Å².